The molecule has 1 aromatic rings. The minimum absolute atomic E-state index is 0.0284. The lowest BCUT2D eigenvalue weighted by Crippen LogP contribution is -2.50. The van der Waals surface area contributed by atoms with Crippen molar-refractivity contribution in [3.63, 3.8) is 0 Å². The summed E-state index contributed by atoms with van der Waals surface area (Å²) in [5.41, 5.74) is 0.261. The summed E-state index contributed by atoms with van der Waals surface area (Å²) in [5, 5.41) is 9.72. The lowest BCUT2D eigenvalue weighted by atomic mass is 10.0. The maximum Gasteiger partial charge on any atom is 0.256 e. The number of carbonyl (C=O) groups excluding carboxylic acids is 1. The summed E-state index contributed by atoms with van der Waals surface area (Å²) < 4.78 is 6.06. The number of ether oxygens (including phenoxy) is 1. The number of hydrogen-bond acceptors (Lipinski definition) is 3. The average Bonchev–Trinajstić information content (AvgIpc) is 3.08. The number of amides is 1. The van der Waals surface area contributed by atoms with Crippen LogP contribution in [0.2, 0.25) is 0 Å². The first-order valence-corrected chi connectivity index (χ1v) is 7.83. The van der Waals surface area contributed by atoms with Gasteiger partial charge in [0, 0.05) is 5.56 Å². The zero-order valence-electron chi connectivity index (χ0n) is 12.5. The first-order valence-electron chi connectivity index (χ1n) is 7.83. The molecule has 1 N–H and O–H groups in total. The van der Waals surface area contributed by atoms with E-state index in [2.05, 4.69) is 0 Å². The predicted octanol–water partition coefficient (Wildman–Crippen LogP) is 2.57. The highest BCUT2D eigenvalue weighted by atomic mass is 16.5. The van der Waals surface area contributed by atoms with Crippen LogP contribution in [-0.2, 0) is 4.74 Å². The molecule has 1 unspecified atom stereocenters. The van der Waals surface area contributed by atoms with Crippen LogP contribution in [-0.4, -0.2) is 40.4 Å². The predicted molar refractivity (Wildman–Crippen MR) is 79.8 cm³/mol. The summed E-state index contributed by atoms with van der Waals surface area (Å²) in [6, 6.07) is 9.35. The Kier molecular flexibility index (Phi) is 4.00. The molecule has 1 heterocycles. The summed E-state index contributed by atoms with van der Waals surface area (Å²) in [4.78, 5) is 14.9. The molecule has 0 bridgehead atoms. The molecule has 1 saturated carbocycles. The zero-order valence-corrected chi connectivity index (χ0v) is 12.5. The average molecular weight is 289 g/mol. The van der Waals surface area contributed by atoms with Gasteiger partial charge in [-0.15, -0.1) is 0 Å². The normalized spacial score (nSPS) is 25.4. The lowest BCUT2D eigenvalue weighted by molar-refractivity contribution is -0.0648. The number of nitrogens with zero attached hydrogens (tertiary/aromatic N) is 1. The van der Waals surface area contributed by atoms with E-state index in [0.717, 1.165) is 25.7 Å². The van der Waals surface area contributed by atoms with Crippen molar-refractivity contribution in [2.45, 2.75) is 56.9 Å². The van der Waals surface area contributed by atoms with Gasteiger partial charge in [-0.05, 0) is 51.2 Å². The van der Waals surface area contributed by atoms with Crippen molar-refractivity contribution in [1.82, 2.24) is 4.90 Å². The highest BCUT2D eigenvalue weighted by Gasteiger charge is 2.51. The number of carbonyl (C=O) groups is 1. The van der Waals surface area contributed by atoms with E-state index in [1.807, 2.05) is 35.2 Å². The van der Waals surface area contributed by atoms with Gasteiger partial charge in [-0.2, -0.15) is 0 Å². The maximum absolute atomic E-state index is 13.0. The molecule has 1 spiro atoms. The van der Waals surface area contributed by atoms with E-state index in [0.29, 0.717) is 18.6 Å². The van der Waals surface area contributed by atoms with Crippen LogP contribution in [0.5, 0.6) is 0 Å². The molecule has 4 heteroatoms. The summed E-state index contributed by atoms with van der Waals surface area (Å²) in [6.07, 6.45) is 4.14. The fourth-order valence-electron chi connectivity index (χ4n) is 3.68. The molecule has 1 amide bonds. The molecule has 4 nitrogen and oxygen atoms in total. The summed E-state index contributed by atoms with van der Waals surface area (Å²) in [6.45, 7) is 2.30. The second-order valence-electron chi connectivity index (χ2n) is 6.24. The Balaban J connectivity index is 1.90. The number of rotatable bonds is 3. The van der Waals surface area contributed by atoms with Crippen LogP contribution in [0.15, 0.2) is 30.3 Å². The third-order valence-corrected chi connectivity index (χ3v) is 4.59. The minimum Gasteiger partial charge on any atom is -0.393 e. The van der Waals surface area contributed by atoms with Crippen LogP contribution in [0.1, 0.15) is 49.4 Å². The summed E-state index contributed by atoms with van der Waals surface area (Å²) in [5.74, 6) is 0.0284. The zero-order chi connectivity index (χ0) is 14.9. The van der Waals surface area contributed by atoms with Gasteiger partial charge in [-0.3, -0.25) is 4.79 Å². The molecular weight excluding hydrogens is 266 g/mol. The fourth-order valence-corrected chi connectivity index (χ4v) is 3.68. The first-order chi connectivity index (χ1) is 10.1. The number of aliphatic hydroxyl groups is 1. The van der Waals surface area contributed by atoms with E-state index in [9.17, 15) is 9.90 Å². The van der Waals surface area contributed by atoms with Crippen molar-refractivity contribution in [3.8, 4) is 0 Å². The van der Waals surface area contributed by atoms with E-state index < -0.39 is 11.8 Å². The maximum atomic E-state index is 13.0. The Morgan fingerprint density at radius 1 is 1.38 bits per heavy atom. The third kappa shape index (κ3) is 2.70. The molecule has 114 valence electrons. The van der Waals surface area contributed by atoms with Gasteiger partial charge in [0.25, 0.3) is 5.91 Å². The van der Waals surface area contributed by atoms with Gasteiger partial charge in [0.05, 0.1) is 18.8 Å². The molecule has 1 aromatic carbocycles. The van der Waals surface area contributed by atoms with Crippen molar-refractivity contribution >= 4 is 5.91 Å². The highest BCUT2D eigenvalue weighted by molar-refractivity contribution is 5.95. The third-order valence-electron chi connectivity index (χ3n) is 4.59. The monoisotopic (exact) mass is 289 g/mol. The van der Waals surface area contributed by atoms with Gasteiger partial charge >= 0.3 is 0 Å². The van der Waals surface area contributed by atoms with Crippen LogP contribution in [0.25, 0.3) is 0 Å². The molecule has 1 saturated heterocycles. The molecule has 2 atom stereocenters. The van der Waals surface area contributed by atoms with Crippen molar-refractivity contribution < 1.29 is 14.6 Å². The van der Waals surface area contributed by atoms with Gasteiger partial charge in [-0.25, -0.2) is 0 Å². The summed E-state index contributed by atoms with van der Waals surface area (Å²) in [7, 11) is 0. The second-order valence-corrected chi connectivity index (χ2v) is 6.24. The Hall–Kier alpha value is -1.39. The molecule has 2 aliphatic rings. The van der Waals surface area contributed by atoms with Gasteiger partial charge in [0.2, 0.25) is 0 Å². The molecule has 21 heavy (non-hydrogen) atoms. The molecule has 0 aromatic heterocycles. The molecule has 1 aliphatic heterocycles. The van der Waals surface area contributed by atoms with Crippen LogP contribution < -0.4 is 0 Å². The van der Waals surface area contributed by atoms with E-state index >= 15 is 0 Å². The van der Waals surface area contributed by atoms with Gasteiger partial charge in [0.1, 0.15) is 5.72 Å². The summed E-state index contributed by atoms with van der Waals surface area (Å²) >= 11 is 0. The number of hydrogen-bond donors (Lipinski definition) is 1. The van der Waals surface area contributed by atoms with Crippen molar-refractivity contribution in [2.75, 3.05) is 6.61 Å². The van der Waals surface area contributed by atoms with Crippen molar-refractivity contribution in [2.24, 2.45) is 0 Å². The molecule has 0 radical (unpaired) electrons. The number of aliphatic hydroxyl groups excluding tert-OH is 1. The lowest BCUT2D eigenvalue weighted by Gasteiger charge is -2.37. The van der Waals surface area contributed by atoms with E-state index in [-0.39, 0.29) is 11.9 Å². The Morgan fingerprint density at radius 3 is 2.67 bits per heavy atom. The van der Waals surface area contributed by atoms with Crippen LogP contribution in [0.4, 0.5) is 0 Å². The van der Waals surface area contributed by atoms with Crippen LogP contribution in [0, 0.1) is 0 Å². The largest absolute Gasteiger partial charge is 0.393 e. The Bertz CT molecular complexity index is 494. The quantitative estimate of drug-likeness (QED) is 0.930. The van der Waals surface area contributed by atoms with Gasteiger partial charge in [0.15, 0.2) is 0 Å². The van der Waals surface area contributed by atoms with E-state index in [1.165, 1.54) is 0 Å². The van der Waals surface area contributed by atoms with Crippen LogP contribution in [0.3, 0.4) is 0 Å². The minimum atomic E-state index is -0.438. The van der Waals surface area contributed by atoms with E-state index in [1.54, 1.807) is 6.92 Å². The molecule has 1 aliphatic carbocycles. The number of benzene rings is 1. The second kappa shape index (κ2) is 5.78. The molecule has 2 fully saturated rings. The SMILES string of the molecule is CC(O)C[C@@H]1COC2(CCCC2)N1C(=O)c1ccccc1. The van der Waals surface area contributed by atoms with Gasteiger partial charge < -0.3 is 14.7 Å². The molecular formula is C17H23NO3. The van der Waals surface area contributed by atoms with Crippen molar-refractivity contribution in [1.29, 1.82) is 0 Å². The molecule has 3 rings (SSSR count). The van der Waals surface area contributed by atoms with E-state index in [4.69, 9.17) is 4.74 Å². The topological polar surface area (TPSA) is 49.8 Å². The van der Waals surface area contributed by atoms with Crippen LogP contribution >= 0.6 is 0 Å². The highest BCUT2D eigenvalue weighted by Crippen LogP contribution is 2.43. The smallest absolute Gasteiger partial charge is 0.256 e. The first kappa shape index (κ1) is 14.5. The fraction of sp³-hybridized carbons (Fsp3) is 0.588. The standard InChI is InChI=1S/C17H23NO3/c1-13(19)11-15-12-21-17(9-5-6-10-17)18(15)16(20)14-7-3-2-4-8-14/h2-4,7-8,13,15,19H,5-6,9-12H2,1H3/t13?,15-/m1/s1. The Morgan fingerprint density at radius 2 is 2.05 bits per heavy atom. The Labute approximate surface area is 125 Å². The van der Waals surface area contributed by atoms with Gasteiger partial charge in [-0.1, -0.05) is 18.2 Å². The van der Waals surface area contributed by atoms with Crippen molar-refractivity contribution in [3.05, 3.63) is 35.9 Å².